The summed E-state index contributed by atoms with van der Waals surface area (Å²) in [5.74, 6) is -0.466. The number of benzene rings is 2. The number of nitrogens with zero attached hydrogens (tertiary/aromatic N) is 1. The number of esters is 1. The van der Waals surface area contributed by atoms with Gasteiger partial charge in [-0.15, -0.1) is 0 Å². The van der Waals surface area contributed by atoms with Gasteiger partial charge in [0.15, 0.2) is 0 Å². The van der Waals surface area contributed by atoms with Crippen molar-refractivity contribution in [3.63, 3.8) is 0 Å². The molecule has 0 atom stereocenters. The molecule has 4 nitrogen and oxygen atoms in total. The van der Waals surface area contributed by atoms with Gasteiger partial charge in [0.1, 0.15) is 0 Å². The van der Waals surface area contributed by atoms with Crippen LogP contribution in [0.4, 0.5) is 0 Å². The van der Waals surface area contributed by atoms with E-state index in [-0.39, 0.29) is 11.9 Å². The summed E-state index contributed by atoms with van der Waals surface area (Å²) in [7, 11) is 1.36. The highest BCUT2D eigenvalue weighted by Gasteiger charge is 2.24. The van der Waals surface area contributed by atoms with Gasteiger partial charge < -0.3 is 9.64 Å². The normalized spacial score (nSPS) is 13.4. The topological polar surface area (TPSA) is 46.6 Å². The minimum atomic E-state index is -0.373. The number of rotatable bonds is 2. The molecule has 0 radical (unpaired) electrons. The Morgan fingerprint density at radius 3 is 2.65 bits per heavy atom. The van der Waals surface area contributed by atoms with E-state index in [1.807, 2.05) is 6.07 Å². The van der Waals surface area contributed by atoms with Crippen molar-refractivity contribution in [1.29, 1.82) is 0 Å². The Morgan fingerprint density at radius 1 is 1.13 bits per heavy atom. The van der Waals surface area contributed by atoms with Crippen LogP contribution in [-0.4, -0.2) is 30.4 Å². The molecule has 1 heterocycles. The molecule has 0 spiro atoms. The molecule has 0 unspecified atom stereocenters. The first-order valence-corrected chi connectivity index (χ1v) is 7.72. The van der Waals surface area contributed by atoms with Gasteiger partial charge in [-0.25, -0.2) is 4.79 Å². The lowest BCUT2D eigenvalue weighted by atomic mass is 9.97. The van der Waals surface area contributed by atoms with Crippen molar-refractivity contribution in [2.45, 2.75) is 13.0 Å². The van der Waals surface area contributed by atoms with Gasteiger partial charge in [0.2, 0.25) is 0 Å². The number of hydrogen-bond donors (Lipinski definition) is 0. The van der Waals surface area contributed by atoms with Gasteiger partial charge in [-0.3, -0.25) is 4.79 Å². The highest BCUT2D eigenvalue weighted by molar-refractivity contribution is 6.33. The number of methoxy groups -OCH3 is 1. The van der Waals surface area contributed by atoms with E-state index in [0.717, 1.165) is 17.5 Å². The van der Waals surface area contributed by atoms with Crippen LogP contribution in [0.1, 0.15) is 31.8 Å². The Kier molecular flexibility index (Phi) is 4.35. The van der Waals surface area contributed by atoms with Crippen LogP contribution in [0.15, 0.2) is 42.5 Å². The lowest BCUT2D eigenvalue weighted by molar-refractivity contribution is 0.0600. The Balaban J connectivity index is 1.86. The molecule has 23 heavy (non-hydrogen) atoms. The van der Waals surface area contributed by atoms with Gasteiger partial charge in [0, 0.05) is 13.1 Å². The number of amides is 1. The molecule has 0 saturated heterocycles. The van der Waals surface area contributed by atoms with Crippen LogP contribution in [0, 0.1) is 0 Å². The van der Waals surface area contributed by atoms with E-state index in [1.54, 1.807) is 41.3 Å². The van der Waals surface area contributed by atoms with E-state index >= 15 is 0 Å². The molecular weight excluding hydrogens is 314 g/mol. The Hall–Kier alpha value is -2.33. The van der Waals surface area contributed by atoms with Crippen LogP contribution in [0.5, 0.6) is 0 Å². The minimum absolute atomic E-state index is 0.0929. The molecule has 0 bridgehead atoms. The maximum Gasteiger partial charge on any atom is 0.337 e. The number of halogens is 1. The fourth-order valence-corrected chi connectivity index (χ4v) is 3.00. The fourth-order valence-electron chi connectivity index (χ4n) is 2.78. The maximum atomic E-state index is 12.7. The Labute approximate surface area is 139 Å². The van der Waals surface area contributed by atoms with Crippen LogP contribution in [0.25, 0.3) is 0 Å². The quantitative estimate of drug-likeness (QED) is 0.794. The van der Waals surface area contributed by atoms with Gasteiger partial charge in [0.05, 0.1) is 23.3 Å². The molecule has 0 saturated carbocycles. The Bertz CT molecular complexity index is 773. The highest BCUT2D eigenvalue weighted by atomic mass is 35.5. The van der Waals surface area contributed by atoms with E-state index in [4.69, 9.17) is 16.3 Å². The summed E-state index contributed by atoms with van der Waals surface area (Å²) in [6.45, 7) is 1.10. The first-order valence-electron chi connectivity index (χ1n) is 7.34. The van der Waals surface area contributed by atoms with Crippen molar-refractivity contribution in [2.75, 3.05) is 13.7 Å². The largest absolute Gasteiger partial charge is 0.465 e. The summed E-state index contributed by atoms with van der Waals surface area (Å²) >= 11 is 6.12. The van der Waals surface area contributed by atoms with Crippen molar-refractivity contribution >= 4 is 23.5 Å². The molecule has 0 N–H and O–H groups in total. The number of ether oxygens (including phenoxy) is 1. The van der Waals surface area contributed by atoms with E-state index in [9.17, 15) is 9.59 Å². The smallest absolute Gasteiger partial charge is 0.337 e. The van der Waals surface area contributed by atoms with E-state index in [1.165, 1.54) is 7.11 Å². The predicted molar refractivity (Wildman–Crippen MR) is 87.7 cm³/mol. The fraction of sp³-hybridized carbons (Fsp3) is 0.222. The molecule has 0 aromatic heterocycles. The number of fused-ring (bicyclic) bond motifs is 1. The van der Waals surface area contributed by atoms with Crippen molar-refractivity contribution in [3.8, 4) is 0 Å². The first kappa shape index (κ1) is 15.6. The summed E-state index contributed by atoms with van der Waals surface area (Å²) in [6.07, 6.45) is 0.757. The third-order valence-electron chi connectivity index (χ3n) is 4.03. The molecule has 1 aliphatic heterocycles. The number of carbonyl (C=O) groups is 2. The summed E-state index contributed by atoms with van der Waals surface area (Å²) in [6, 6.07) is 12.5. The van der Waals surface area contributed by atoms with Gasteiger partial charge in [-0.05, 0) is 41.8 Å². The molecule has 0 aliphatic carbocycles. The van der Waals surface area contributed by atoms with E-state index in [2.05, 4.69) is 0 Å². The lowest BCUT2D eigenvalue weighted by Gasteiger charge is -2.29. The minimum Gasteiger partial charge on any atom is -0.465 e. The van der Waals surface area contributed by atoms with Crippen molar-refractivity contribution in [2.24, 2.45) is 0 Å². The predicted octanol–water partition coefficient (Wildman–Crippen LogP) is 3.33. The van der Waals surface area contributed by atoms with Crippen molar-refractivity contribution in [1.82, 2.24) is 4.90 Å². The molecule has 118 valence electrons. The third kappa shape index (κ3) is 3.08. The van der Waals surface area contributed by atoms with E-state index in [0.29, 0.717) is 29.2 Å². The molecule has 5 heteroatoms. The zero-order valence-corrected chi connectivity index (χ0v) is 13.5. The molecule has 3 rings (SSSR count). The second-order valence-electron chi connectivity index (χ2n) is 5.43. The SMILES string of the molecule is COC(=O)c1ccc2c(c1)CN(C(=O)c1ccccc1Cl)CC2. The van der Waals surface area contributed by atoms with Crippen LogP contribution in [-0.2, 0) is 17.7 Å². The molecule has 0 fully saturated rings. The summed E-state index contributed by atoms with van der Waals surface area (Å²) < 4.78 is 4.75. The zero-order chi connectivity index (χ0) is 16.4. The number of carbonyl (C=O) groups excluding carboxylic acids is 2. The molecule has 1 aliphatic rings. The standard InChI is InChI=1S/C18H16ClNO3/c1-23-18(22)13-7-6-12-8-9-20(11-14(12)10-13)17(21)15-4-2-3-5-16(15)19/h2-7,10H,8-9,11H2,1H3. The number of hydrogen-bond acceptors (Lipinski definition) is 3. The third-order valence-corrected chi connectivity index (χ3v) is 4.36. The van der Waals surface area contributed by atoms with Crippen LogP contribution in [0.2, 0.25) is 5.02 Å². The molecule has 2 aromatic carbocycles. The molecular formula is C18H16ClNO3. The lowest BCUT2D eigenvalue weighted by Crippen LogP contribution is -2.36. The van der Waals surface area contributed by atoms with Gasteiger partial charge in [-0.2, -0.15) is 0 Å². The van der Waals surface area contributed by atoms with Crippen molar-refractivity contribution < 1.29 is 14.3 Å². The van der Waals surface area contributed by atoms with Gasteiger partial charge in [-0.1, -0.05) is 29.8 Å². The molecule has 2 aromatic rings. The summed E-state index contributed by atoms with van der Waals surface area (Å²) in [5, 5.41) is 0.451. The highest BCUT2D eigenvalue weighted by Crippen LogP contribution is 2.24. The monoisotopic (exact) mass is 329 g/mol. The van der Waals surface area contributed by atoms with Crippen LogP contribution in [0.3, 0.4) is 0 Å². The second-order valence-corrected chi connectivity index (χ2v) is 5.84. The van der Waals surface area contributed by atoms with Gasteiger partial charge in [0.25, 0.3) is 5.91 Å². The maximum absolute atomic E-state index is 12.7. The average Bonchev–Trinajstić information content (AvgIpc) is 2.60. The van der Waals surface area contributed by atoms with Crippen LogP contribution >= 0.6 is 11.6 Å². The van der Waals surface area contributed by atoms with Crippen molar-refractivity contribution in [3.05, 3.63) is 69.7 Å². The van der Waals surface area contributed by atoms with E-state index < -0.39 is 0 Å². The first-order chi connectivity index (χ1) is 11.1. The summed E-state index contributed by atoms with van der Waals surface area (Å²) in [5.41, 5.74) is 3.13. The van der Waals surface area contributed by atoms with Gasteiger partial charge >= 0.3 is 5.97 Å². The molecule has 1 amide bonds. The average molecular weight is 330 g/mol. The van der Waals surface area contributed by atoms with Crippen LogP contribution < -0.4 is 0 Å². The zero-order valence-electron chi connectivity index (χ0n) is 12.7. The summed E-state index contributed by atoms with van der Waals surface area (Å²) in [4.78, 5) is 26.1. The Morgan fingerprint density at radius 2 is 1.91 bits per heavy atom. The second kappa shape index (κ2) is 6.42.